The van der Waals surface area contributed by atoms with Crippen molar-refractivity contribution < 1.29 is 4.39 Å². The molecular formula is C15H21BrClF. The lowest BCUT2D eigenvalue weighted by Crippen LogP contribution is -2.25. The van der Waals surface area contributed by atoms with Crippen LogP contribution in [0.15, 0.2) is 22.7 Å². The van der Waals surface area contributed by atoms with Crippen LogP contribution in [0.1, 0.15) is 45.1 Å². The summed E-state index contributed by atoms with van der Waals surface area (Å²) < 4.78 is 14.8. The molecule has 1 unspecified atom stereocenters. The first-order valence-corrected chi connectivity index (χ1v) is 7.89. The quantitative estimate of drug-likeness (QED) is 0.540. The van der Waals surface area contributed by atoms with Gasteiger partial charge in [0.25, 0.3) is 0 Å². The van der Waals surface area contributed by atoms with Crippen molar-refractivity contribution in [3.63, 3.8) is 0 Å². The van der Waals surface area contributed by atoms with Crippen molar-refractivity contribution in [2.24, 2.45) is 5.41 Å². The van der Waals surface area contributed by atoms with Gasteiger partial charge in [-0.2, -0.15) is 0 Å². The Bertz CT molecular complexity index is 375. The Morgan fingerprint density at radius 1 is 1.33 bits per heavy atom. The standard InChI is InChI=1S/C15H21BrClF/c1-3-5-8-15(4-2,11-17)10-12-9-13(16)6-7-14(12)18/h6-7,9H,3-5,8,10-11H2,1-2H3. The van der Waals surface area contributed by atoms with Gasteiger partial charge in [0.2, 0.25) is 0 Å². The molecule has 1 atom stereocenters. The highest BCUT2D eigenvalue weighted by Crippen LogP contribution is 2.35. The minimum Gasteiger partial charge on any atom is -0.207 e. The first-order chi connectivity index (χ1) is 8.56. The predicted molar refractivity (Wildman–Crippen MR) is 80.8 cm³/mol. The fraction of sp³-hybridized carbons (Fsp3) is 0.600. The first-order valence-electron chi connectivity index (χ1n) is 6.57. The molecule has 0 aliphatic heterocycles. The number of alkyl halides is 1. The van der Waals surface area contributed by atoms with Crippen molar-refractivity contribution in [2.75, 3.05) is 5.88 Å². The van der Waals surface area contributed by atoms with Gasteiger partial charge < -0.3 is 0 Å². The molecule has 0 aromatic heterocycles. The van der Waals surface area contributed by atoms with E-state index < -0.39 is 0 Å². The summed E-state index contributed by atoms with van der Waals surface area (Å²) in [6.07, 6.45) is 5.08. The SMILES string of the molecule is CCCCC(CC)(CCl)Cc1cc(Br)ccc1F. The monoisotopic (exact) mass is 334 g/mol. The lowest BCUT2D eigenvalue weighted by molar-refractivity contribution is 0.275. The number of unbranched alkanes of at least 4 members (excludes halogenated alkanes) is 1. The Labute approximate surface area is 123 Å². The van der Waals surface area contributed by atoms with Crippen molar-refractivity contribution in [3.05, 3.63) is 34.1 Å². The summed E-state index contributed by atoms with van der Waals surface area (Å²) in [7, 11) is 0. The van der Waals surface area contributed by atoms with Crippen LogP contribution in [-0.2, 0) is 6.42 Å². The highest BCUT2D eigenvalue weighted by atomic mass is 79.9. The fourth-order valence-electron chi connectivity index (χ4n) is 2.23. The number of halogens is 3. The Balaban J connectivity index is 2.91. The van der Waals surface area contributed by atoms with Gasteiger partial charge in [-0.05, 0) is 48.4 Å². The van der Waals surface area contributed by atoms with Crippen LogP contribution in [0.2, 0.25) is 0 Å². The fourth-order valence-corrected chi connectivity index (χ4v) is 3.06. The minimum absolute atomic E-state index is 0.0270. The van der Waals surface area contributed by atoms with Gasteiger partial charge in [-0.3, -0.25) is 0 Å². The molecule has 1 aromatic carbocycles. The van der Waals surface area contributed by atoms with Crippen LogP contribution in [-0.4, -0.2) is 5.88 Å². The van der Waals surface area contributed by atoms with E-state index in [-0.39, 0.29) is 11.2 Å². The van der Waals surface area contributed by atoms with E-state index in [1.54, 1.807) is 6.07 Å². The third kappa shape index (κ3) is 4.24. The molecule has 0 saturated heterocycles. The molecule has 0 N–H and O–H groups in total. The van der Waals surface area contributed by atoms with Crippen LogP contribution >= 0.6 is 27.5 Å². The van der Waals surface area contributed by atoms with Crippen LogP contribution in [0, 0.1) is 11.2 Å². The van der Waals surface area contributed by atoms with Crippen LogP contribution in [0.25, 0.3) is 0 Å². The molecule has 3 heteroatoms. The van der Waals surface area contributed by atoms with E-state index in [0.717, 1.165) is 42.1 Å². The molecule has 0 radical (unpaired) electrons. The van der Waals surface area contributed by atoms with Gasteiger partial charge in [0, 0.05) is 10.4 Å². The molecule has 1 aromatic rings. The van der Waals surface area contributed by atoms with E-state index in [2.05, 4.69) is 29.8 Å². The number of hydrogen-bond donors (Lipinski definition) is 0. The molecule has 0 aliphatic rings. The zero-order valence-electron chi connectivity index (χ0n) is 11.1. The van der Waals surface area contributed by atoms with E-state index in [1.165, 1.54) is 6.07 Å². The zero-order valence-corrected chi connectivity index (χ0v) is 13.5. The van der Waals surface area contributed by atoms with E-state index >= 15 is 0 Å². The highest BCUT2D eigenvalue weighted by molar-refractivity contribution is 9.10. The second kappa shape index (κ2) is 7.49. The largest absolute Gasteiger partial charge is 0.207 e. The van der Waals surface area contributed by atoms with Crippen molar-refractivity contribution in [2.45, 2.75) is 46.0 Å². The summed E-state index contributed by atoms with van der Waals surface area (Å²) in [4.78, 5) is 0. The Morgan fingerprint density at radius 3 is 2.61 bits per heavy atom. The van der Waals surface area contributed by atoms with Gasteiger partial charge in [0.1, 0.15) is 5.82 Å². The molecule has 0 aliphatic carbocycles. The molecule has 102 valence electrons. The molecule has 1 rings (SSSR count). The highest BCUT2D eigenvalue weighted by Gasteiger charge is 2.28. The zero-order chi connectivity index (χ0) is 13.6. The third-order valence-corrected chi connectivity index (χ3v) is 4.73. The van der Waals surface area contributed by atoms with Gasteiger partial charge in [-0.1, -0.05) is 42.6 Å². The third-order valence-electron chi connectivity index (χ3n) is 3.67. The van der Waals surface area contributed by atoms with Gasteiger partial charge in [0.05, 0.1) is 0 Å². The topological polar surface area (TPSA) is 0 Å². The van der Waals surface area contributed by atoms with Crippen LogP contribution in [0.3, 0.4) is 0 Å². The normalized spacial score (nSPS) is 14.5. The number of benzene rings is 1. The van der Waals surface area contributed by atoms with E-state index in [1.807, 2.05) is 6.07 Å². The van der Waals surface area contributed by atoms with E-state index in [0.29, 0.717) is 5.88 Å². The Hall–Kier alpha value is -0.0800. The maximum absolute atomic E-state index is 13.8. The van der Waals surface area contributed by atoms with Gasteiger partial charge in [0.15, 0.2) is 0 Å². The van der Waals surface area contributed by atoms with Crippen LogP contribution < -0.4 is 0 Å². The molecule has 18 heavy (non-hydrogen) atoms. The maximum atomic E-state index is 13.8. The average Bonchev–Trinajstić information content (AvgIpc) is 2.39. The molecule has 0 spiro atoms. The molecule has 0 fully saturated rings. The van der Waals surface area contributed by atoms with Crippen molar-refractivity contribution in [1.82, 2.24) is 0 Å². The summed E-state index contributed by atoms with van der Waals surface area (Å²) in [6.45, 7) is 4.32. The minimum atomic E-state index is -0.127. The summed E-state index contributed by atoms with van der Waals surface area (Å²) in [5.74, 6) is 0.466. The van der Waals surface area contributed by atoms with E-state index in [4.69, 9.17) is 11.6 Å². The average molecular weight is 336 g/mol. The summed E-state index contributed by atoms with van der Waals surface area (Å²) in [5.41, 5.74) is 0.794. The molecule has 0 amide bonds. The van der Waals surface area contributed by atoms with Gasteiger partial charge >= 0.3 is 0 Å². The predicted octanol–water partition coefficient (Wildman–Crippen LogP) is 5.96. The molecular weight excluding hydrogens is 315 g/mol. The lowest BCUT2D eigenvalue weighted by Gasteiger charge is -2.31. The van der Waals surface area contributed by atoms with Gasteiger partial charge in [-0.15, -0.1) is 11.6 Å². The second-order valence-electron chi connectivity index (χ2n) is 5.00. The van der Waals surface area contributed by atoms with Crippen LogP contribution in [0.5, 0.6) is 0 Å². The lowest BCUT2D eigenvalue weighted by atomic mass is 9.77. The second-order valence-corrected chi connectivity index (χ2v) is 6.19. The number of rotatable bonds is 7. The molecule has 0 nitrogen and oxygen atoms in total. The van der Waals surface area contributed by atoms with Crippen molar-refractivity contribution in [3.8, 4) is 0 Å². The smallest absolute Gasteiger partial charge is 0.126 e. The summed E-state index contributed by atoms with van der Waals surface area (Å²) in [6, 6.07) is 5.13. The Kier molecular flexibility index (Phi) is 6.65. The molecule has 0 heterocycles. The van der Waals surface area contributed by atoms with E-state index in [9.17, 15) is 4.39 Å². The van der Waals surface area contributed by atoms with Crippen molar-refractivity contribution in [1.29, 1.82) is 0 Å². The van der Waals surface area contributed by atoms with Crippen LogP contribution in [0.4, 0.5) is 4.39 Å². The molecule has 0 bridgehead atoms. The number of hydrogen-bond acceptors (Lipinski definition) is 0. The van der Waals surface area contributed by atoms with Crippen molar-refractivity contribution >= 4 is 27.5 Å². The summed E-state index contributed by atoms with van der Waals surface area (Å²) in [5, 5.41) is 0. The first kappa shape index (κ1) is 16.0. The maximum Gasteiger partial charge on any atom is 0.126 e. The Morgan fingerprint density at radius 2 is 2.06 bits per heavy atom. The van der Waals surface area contributed by atoms with Gasteiger partial charge in [-0.25, -0.2) is 4.39 Å². The summed E-state index contributed by atoms with van der Waals surface area (Å²) >= 11 is 9.57. The molecule has 0 saturated carbocycles.